The Morgan fingerprint density at radius 1 is 1.29 bits per heavy atom. The molecule has 0 saturated carbocycles. The van der Waals surface area contributed by atoms with E-state index in [0.29, 0.717) is 5.56 Å². The minimum absolute atomic E-state index is 0.103. The molecule has 2 rings (SSSR count). The molecule has 2 aromatic rings. The number of benzene rings is 1. The van der Waals surface area contributed by atoms with Crippen LogP contribution in [0.4, 0.5) is 8.78 Å². The van der Waals surface area contributed by atoms with Crippen LogP contribution in [0.2, 0.25) is 0 Å². The van der Waals surface area contributed by atoms with Crippen molar-refractivity contribution in [2.45, 2.75) is 32.6 Å². The number of aromatic nitrogens is 1. The van der Waals surface area contributed by atoms with E-state index in [1.165, 1.54) is 0 Å². The van der Waals surface area contributed by atoms with Crippen LogP contribution in [-0.4, -0.2) is 16.1 Å². The first kappa shape index (κ1) is 15.2. The van der Waals surface area contributed by atoms with Gasteiger partial charge in [-0.05, 0) is 17.0 Å². The first-order valence-corrected chi connectivity index (χ1v) is 6.34. The molecule has 0 fully saturated rings. The van der Waals surface area contributed by atoms with Crippen molar-refractivity contribution >= 4 is 5.97 Å². The topological polar surface area (TPSA) is 63.3 Å². The summed E-state index contributed by atoms with van der Waals surface area (Å²) in [6.07, 6.45) is -3.00. The van der Waals surface area contributed by atoms with Gasteiger partial charge < -0.3 is 9.52 Å². The molecular weight excluding hydrogens is 280 g/mol. The van der Waals surface area contributed by atoms with Gasteiger partial charge in [0.1, 0.15) is 0 Å². The molecule has 0 unspecified atom stereocenters. The van der Waals surface area contributed by atoms with Gasteiger partial charge in [-0.3, -0.25) is 0 Å². The molecule has 0 aliphatic carbocycles. The zero-order valence-electron chi connectivity index (χ0n) is 11.9. The highest BCUT2D eigenvalue weighted by molar-refractivity contribution is 5.86. The van der Waals surface area contributed by atoms with Crippen LogP contribution in [0.15, 0.2) is 28.7 Å². The Morgan fingerprint density at radius 3 is 2.38 bits per heavy atom. The van der Waals surface area contributed by atoms with E-state index < -0.39 is 23.8 Å². The summed E-state index contributed by atoms with van der Waals surface area (Å²) < 4.78 is 30.8. The van der Waals surface area contributed by atoms with E-state index in [4.69, 9.17) is 9.52 Å². The predicted molar refractivity (Wildman–Crippen MR) is 72.6 cm³/mol. The highest BCUT2D eigenvalue weighted by Crippen LogP contribution is 2.35. The molecule has 1 aromatic heterocycles. The fourth-order valence-corrected chi connectivity index (χ4v) is 2.07. The smallest absolute Gasteiger partial charge is 0.374 e. The fourth-order valence-electron chi connectivity index (χ4n) is 2.07. The summed E-state index contributed by atoms with van der Waals surface area (Å²) in [6.45, 7) is 5.88. The monoisotopic (exact) mass is 295 g/mol. The Labute approximate surface area is 120 Å². The van der Waals surface area contributed by atoms with Crippen LogP contribution in [0.25, 0.3) is 11.5 Å². The molecule has 0 atom stereocenters. The number of oxazole rings is 1. The predicted octanol–water partition coefficient (Wildman–Crippen LogP) is 4.27. The largest absolute Gasteiger partial charge is 0.475 e. The van der Waals surface area contributed by atoms with E-state index in [1.807, 2.05) is 32.9 Å². The van der Waals surface area contributed by atoms with E-state index in [2.05, 4.69) is 4.98 Å². The Kier molecular flexibility index (Phi) is 3.80. The summed E-state index contributed by atoms with van der Waals surface area (Å²) in [5.74, 6) is -2.48. The molecule has 0 saturated heterocycles. The Bertz CT molecular complexity index is 672. The van der Waals surface area contributed by atoms with Crippen LogP contribution >= 0.6 is 0 Å². The fraction of sp³-hybridized carbons (Fsp3) is 0.333. The van der Waals surface area contributed by atoms with Gasteiger partial charge in [0.15, 0.2) is 5.69 Å². The number of nitrogens with zero attached hydrogens (tertiary/aromatic N) is 1. The van der Waals surface area contributed by atoms with Crippen molar-refractivity contribution in [3.63, 3.8) is 0 Å². The van der Waals surface area contributed by atoms with Gasteiger partial charge in [0.25, 0.3) is 6.43 Å². The number of hydrogen-bond donors (Lipinski definition) is 1. The summed E-state index contributed by atoms with van der Waals surface area (Å²) in [4.78, 5) is 14.7. The highest BCUT2D eigenvalue weighted by atomic mass is 19.3. The van der Waals surface area contributed by atoms with Gasteiger partial charge in [0.05, 0.1) is 0 Å². The number of carboxylic acid groups (broad SMARTS) is 1. The normalized spacial score (nSPS) is 11.9. The van der Waals surface area contributed by atoms with E-state index in [0.717, 1.165) is 5.56 Å². The number of alkyl halides is 2. The molecule has 6 heteroatoms. The average Bonchev–Trinajstić information content (AvgIpc) is 2.83. The van der Waals surface area contributed by atoms with Gasteiger partial charge in [-0.2, -0.15) is 0 Å². The summed E-state index contributed by atoms with van der Waals surface area (Å²) in [6, 6.07) is 7.05. The van der Waals surface area contributed by atoms with Gasteiger partial charge in [0.2, 0.25) is 11.7 Å². The van der Waals surface area contributed by atoms with Gasteiger partial charge >= 0.3 is 5.97 Å². The van der Waals surface area contributed by atoms with Crippen molar-refractivity contribution in [2.24, 2.45) is 0 Å². The van der Waals surface area contributed by atoms with Gasteiger partial charge in [-0.15, -0.1) is 0 Å². The second-order valence-corrected chi connectivity index (χ2v) is 5.63. The van der Waals surface area contributed by atoms with Crippen LogP contribution in [0.5, 0.6) is 0 Å². The van der Waals surface area contributed by atoms with E-state index in [1.54, 1.807) is 12.1 Å². The molecule has 4 nitrogen and oxygen atoms in total. The second kappa shape index (κ2) is 5.27. The summed E-state index contributed by atoms with van der Waals surface area (Å²) in [5, 5.41) is 8.94. The van der Waals surface area contributed by atoms with Crippen molar-refractivity contribution in [2.75, 3.05) is 0 Å². The van der Waals surface area contributed by atoms with Crippen LogP contribution in [-0.2, 0) is 5.41 Å². The highest BCUT2D eigenvalue weighted by Gasteiger charge is 2.28. The molecule has 0 amide bonds. The molecule has 0 bridgehead atoms. The van der Waals surface area contributed by atoms with Crippen molar-refractivity contribution in [1.82, 2.24) is 4.98 Å². The van der Waals surface area contributed by atoms with Gasteiger partial charge in [0, 0.05) is 5.56 Å². The molecule has 0 aliphatic rings. The third-order valence-corrected chi connectivity index (χ3v) is 3.02. The zero-order valence-corrected chi connectivity index (χ0v) is 11.9. The molecular formula is C15H15F2NO3. The molecule has 1 aromatic carbocycles. The van der Waals surface area contributed by atoms with Crippen LogP contribution < -0.4 is 0 Å². The number of hydrogen-bond acceptors (Lipinski definition) is 3. The zero-order chi connectivity index (χ0) is 15.8. The Morgan fingerprint density at radius 2 is 1.90 bits per heavy atom. The lowest BCUT2D eigenvalue weighted by atomic mass is 9.84. The van der Waals surface area contributed by atoms with Crippen LogP contribution in [0, 0.1) is 0 Å². The van der Waals surface area contributed by atoms with Crippen molar-refractivity contribution in [3.05, 3.63) is 41.3 Å². The van der Waals surface area contributed by atoms with Crippen molar-refractivity contribution < 1.29 is 23.1 Å². The lowest BCUT2D eigenvalue weighted by molar-refractivity contribution is 0.0647. The number of carboxylic acids is 1. The average molecular weight is 295 g/mol. The summed E-state index contributed by atoms with van der Waals surface area (Å²) in [5.41, 5.74) is 0.240. The molecule has 0 spiro atoms. The standard InChI is InChI=1S/C15H15F2NO3/c1-15(2,3)9-7-5-4-6-8(9)13-18-10(12(16)17)11(21-13)14(19)20/h4-7,12H,1-3H3,(H,19,20). The third-order valence-electron chi connectivity index (χ3n) is 3.02. The Hall–Kier alpha value is -2.24. The van der Waals surface area contributed by atoms with Gasteiger partial charge in [-0.1, -0.05) is 39.0 Å². The van der Waals surface area contributed by atoms with Crippen molar-refractivity contribution in [3.8, 4) is 11.5 Å². The van der Waals surface area contributed by atoms with E-state index >= 15 is 0 Å². The number of rotatable bonds is 3. The van der Waals surface area contributed by atoms with Crippen LogP contribution in [0.3, 0.4) is 0 Å². The Balaban J connectivity index is 2.64. The second-order valence-electron chi connectivity index (χ2n) is 5.63. The van der Waals surface area contributed by atoms with E-state index in [9.17, 15) is 13.6 Å². The SMILES string of the molecule is CC(C)(C)c1ccccc1-c1nc(C(F)F)c(C(=O)O)o1. The first-order chi connectivity index (χ1) is 9.71. The number of carbonyl (C=O) groups is 1. The number of aromatic carboxylic acids is 1. The molecule has 1 heterocycles. The number of halogens is 2. The minimum Gasteiger partial charge on any atom is -0.475 e. The minimum atomic E-state index is -3.00. The maximum atomic E-state index is 12.9. The quantitative estimate of drug-likeness (QED) is 0.918. The first-order valence-electron chi connectivity index (χ1n) is 6.34. The lowest BCUT2D eigenvalue weighted by Gasteiger charge is -2.21. The van der Waals surface area contributed by atoms with Crippen LogP contribution in [0.1, 0.15) is 49.0 Å². The van der Waals surface area contributed by atoms with Crippen molar-refractivity contribution in [1.29, 1.82) is 0 Å². The lowest BCUT2D eigenvalue weighted by Crippen LogP contribution is -2.12. The maximum Gasteiger partial charge on any atom is 0.374 e. The van der Waals surface area contributed by atoms with E-state index in [-0.39, 0.29) is 11.3 Å². The maximum absolute atomic E-state index is 12.9. The molecule has 0 radical (unpaired) electrons. The van der Waals surface area contributed by atoms with Gasteiger partial charge in [-0.25, -0.2) is 18.6 Å². The molecule has 112 valence electrons. The summed E-state index contributed by atoms with van der Waals surface area (Å²) in [7, 11) is 0. The molecule has 1 N–H and O–H groups in total. The molecule has 21 heavy (non-hydrogen) atoms. The third kappa shape index (κ3) is 2.94. The molecule has 0 aliphatic heterocycles. The summed E-state index contributed by atoms with van der Waals surface area (Å²) >= 11 is 0.